The Hall–Kier alpha value is -2.37. The van der Waals surface area contributed by atoms with Crippen LogP contribution in [0, 0.1) is 17.7 Å². The molecule has 1 saturated heterocycles. The van der Waals surface area contributed by atoms with E-state index in [4.69, 9.17) is 0 Å². The number of rotatable bonds is 7. The van der Waals surface area contributed by atoms with E-state index in [-0.39, 0.29) is 17.3 Å². The summed E-state index contributed by atoms with van der Waals surface area (Å²) >= 11 is 0. The lowest BCUT2D eigenvalue weighted by molar-refractivity contribution is 0.0968. The summed E-state index contributed by atoms with van der Waals surface area (Å²) in [6.07, 6.45) is 1.90. The lowest BCUT2D eigenvalue weighted by Gasteiger charge is -2.46. The van der Waals surface area contributed by atoms with Gasteiger partial charge in [-0.3, -0.25) is 0 Å². The second kappa shape index (κ2) is 10.1. The molecule has 2 heterocycles. The van der Waals surface area contributed by atoms with Crippen LogP contribution in [0.5, 0.6) is 5.75 Å². The Bertz CT molecular complexity index is 1020. The number of likely N-dealkylation sites (tertiary alicyclic amines) is 1. The zero-order valence-electron chi connectivity index (χ0n) is 21.1. The van der Waals surface area contributed by atoms with Gasteiger partial charge in [0.15, 0.2) is 0 Å². The molecule has 3 N–H and O–H groups in total. The van der Waals surface area contributed by atoms with Gasteiger partial charge >= 0.3 is 0 Å². The Balaban J connectivity index is 1.36. The number of nitrogens with zero attached hydrogens (tertiary/aromatic N) is 1. The molecule has 4 nitrogen and oxygen atoms in total. The van der Waals surface area contributed by atoms with Crippen LogP contribution in [0.3, 0.4) is 0 Å². The minimum atomic E-state index is -0.147. The first-order valence-electron chi connectivity index (χ1n) is 12.6. The standard InChI is InChI=1S/C29H40FN3O/c1-19(2)28(32-21(4)27-14-22-9-10-26(34)13-23(22)16-31-27)18-33-12-11-29(5,20(3)17-33)24-7-6-8-25(30)15-24/h6-10,13,15,19-20,27-28,31-32,34H,4,11-12,14,16-18H2,1-3,5H3/t20-,27+,28+,29+/m0/s1. The number of aromatic hydroxyl groups is 1. The van der Waals surface area contributed by atoms with Crippen molar-refractivity contribution in [3.8, 4) is 5.75 Å². The molecule has 0 aromatic heterocycles. The Labute approximate surface area is 204 Å². The Morgan fingerprint density at radius 1 is 1.26 bits per heavy atom. The first-order chi connectivity index (χ1) is 16.2. The number of hydrogen-bond donors (Lipinski definition) is 3. The van der Waals surface area contributed by atoms with Gasteiger partial charge in [0.2, 0.25) is 0 Å². The van der Waals surface area contributed by atoms with E-state index in [1.165, 1.54) is 11.6 Å². The minimum absolute atomic E-state index is 0.00318. The van der Waals surface area contributed by atoms with Gasteiger partial charge in [-0.15, -0.1) is 0 Å². The highest BCUT2D eigenvalue weighted by atomic mass is 19.1. The van der Waals surface area contributed by atoms with E-state index in [1.807, 2.05) is 18.2 Å². The third kappa shape index (κ3) is 5.31. The summed E-state index contributed by atoms with van der Waals surface area (Å²) in [5.41, 5.74) is 4.58. The molecule has 0 spiro atoms. The summed E-state index contributed by atoms with van der Waals surface area (Å²) in [7, 11) is 0. The molecule has 0 amide bonds. The van der Waals surface area contributed by atoms with Crippen LogP contribution < -0.4 is 10.6 Å². The number of fused-ring (bicyclic) bond motifs is 1. The van der Waals surface area contributed by atoms with E-state index >= 15 is 0 Å². The molecule has 0 unspecified atom stereocenters. The average Bonchev–Trinajstić information content (AvgIpc) is 2.80. The van der Waals surface area contributed by atoms with E-state index in [0.717, 1.165) is 55.8 Å². The van der Waals surface area contributed by atoms with Crippen LogP contribution >= 0.6 is 0 Å². The molecule has 4 rings (SSSR count). The Kier molecular flexibility index (Phi) is 7.34. The molecule has 184 valence electrons. The summed E-state index contributed by atoms with van der Waals surface area (Å²) in [5, 5.41) is 17.1. The highest BCUT2D eigenvalue weighted by Gasteiger charge is 2.38. The summed E-state index contributed by atoms with van der Waals surface area (Å²) in [5.74, 6) is 1.08. The Morgan fingerprint density at radius 2 is 2.06 bits per heavy atom. The van der Waals surface area contributed by atoms with Crippen molar-refractivity contribution in [1.82, 2.24) is 15.5 Å². The first kappa shape index (κ1) is 24.7. The predicted molar refractivity (Wildman–Crippen MR) is 137 cm³/mol. The van der Waals surface area contributed by atoms with Crippen molar-refractivity contribution in [2.45, 2.75) is 64.6 Å². The highest BCUT2D eigenvalue weighted by Crippen LogP contribution is 2.39. The quantitative estimate of drug-likeness (QED) is 0.540. The summed E-state index contributed by atoms with van der Waals surface area (Å²) < 4.78 is 13.9. The van der Waals surface area contributed by atoms with Gasteiger partial charge in [-0.05, 0) is 77.6 Å². The molecule has 0 radical (unpaired) electrons. The molecular formula is C29H40FN3O. The van der Waals surface area contributed by atoms with Gasteiger partial charge in [-0.25, -0.2) is 4.39 Å². The second-order valence-electron chi connectivity index (χ2n) is 10.9. The van der Waals surface area contributed by atoms with Gasteiger partial charge in [0.25, 0.3) is 0 Å². The topological polar surface area (TPSA) is 47.5 Å². The number of phenolic OH excluding ortho intramolecular Hbond substituents is 1. The maximum absolute atomic E-state index is 13.9. The summed E-state index contributed by atoms with van der Waals surface area (Å²) in [4.78, 5) is 2.56. The van der Waals surface area contributed by atoms with E-state index < -0.39 is 0 Å². The number of nitrogens with one attached hydrogen (secondary N) is 2. The molecule has 34 heavy (non-hydrogen) atoms. The third-order valence-electron chi connectivity index (χ3n) is 8.26. The molecule has 0 aliphatic carbocycles. The molecule has 4 atom stereocenters. The lowest BCUT2D eigenvalue weighted by atomic mass is 9.68. The average molecular weight is 466 g/mol. The second-order valence-corrected chi connectivity index (χ2v) is 10.9. The highest BCUT2D eigenvalue weighted by molar-refractivity contribution is 5.38. The van der Waals surface area contributed by atoms with E-state index in [0.29, 0.717) is 23.6 Å². The Morgan fingerprint density at radius 3 is 2.76 bits per heavy atom. The largest absolute Gasteiger partial charge is 0.508 e. The fourth-order valence-electron chi connectivity index (χ4n) is 5.54. The van der Waals surface area contributed by atoms with Gasteiger partial charge in [0, 0.05) is 31.4 Å². The van der Waals surface area contributed by atoms with E-state index in [2.05, 4.69) is 55.9 Å². The molecule has 5 heteroatoms. The van der Waals surface area contributed by atoms with Crippen molar-refractivity contribution in [3.63, 3.8) is 0 Å². The van der Waals surface area contributed by atoms with Crippen LogP contribution in [-0.4, -0.2) is 41.7 Å². The third-order valence-corrected chi connectivity index (χ3v) is 8.26. The molecular weight excluding hydrogens is 425 g/mol. The SMILES string of the molecule is C=C(N[C@H](CN1CC[C@@](C)(c2cccc(F)c2)[C@@H](C)C1)C(C)C)[C@H]1Cc2ccc(O)cc2CN1. The van der Waals surface area contributed by atoms with Crippen LogP contribution in [-0.2, 0) is 18.4 Å². The fraction of sp³-hybridized carbons (Fsp3) is 0.517. The van der Waals surface area contributed by atoms with Crippen molar-refractivity contribution in [2.24, 2.45) is 11.8 Å². The van der Waals surface area contributed by atoms with Gasteiger partial charge in [-0.2, -0.15) is 0 Å². The lowest BCUT2D eigenvalue weighted by Crippen LogP contribution is -2.53. The molecule has 0 bridgehead atoms. The van der Waals surface area contributed by atoms with Gasteiger partial charge in [-0.1, -0.05) is 52.5 Å². The number of hydrogen-bond acceptors (Lipinski definition) is 4. The number of halogens is 1. The van der Waals surface area contributed by atoms with Crippen molar-refractivity contribution >= 4 is 0 Å². The van der Waals surface area contributed by atoms with Gasteiger partial charge in [0.05, 0.1) is 6.04 Å². The van der Waals surface area contributed by atoms with Crippen LogP contribution in [0.25, 0.3) is 0 Å². The molecule has 2 aliphatic heterocycles. The van der Waals surface area contributed by atoms with Gasteiger partial charge in [0.1, 0.15) is 11.6 Å². The summed E-state index contributed by atoms with van der Waals surface area (Å²) in [6, 6.07) is 13.3. The number of benzene rings is 2. The maximum Gasteiger partial charge on any atom is 0.123 e. The molecule has 1 fully saturated rings. The monoisotopic (exact) mass is 465 g/mol. The zero-order valence-corrected chi connectivity index (χ0v) is 21.1. The van der Waals surface area contributed by atoms with Crippen LogP contribution in [0.15, 0.2) is 54.7 Å². The fourth-order valence-corrected chi connectivity index (χ4v) is 5.54. The number of piperidine rings is 1. The zero-order chi connectivity index (χ0) is 24.5. The molecule has 2 aromatic carbocycles. The minimum Gasteiger partial charge on any atom is -0.508 e. The van der Waals surface area contributed by atoms with Crippen molar-refractivity contribution in [2.75, 3.05) is 19.6 Å². The molecule has 0 saturated carbocycles. The predicted octanol–water partition coefficient (Wildman–Crippen LogP) is 4.97. The van der Waals surface area contributed by atoms with E-state index in [9.17, 15) is 9.50 Å². The molecule has 2 aliphatic rings. The smallest absolute Gasteiger partial charge is 0.123 e. The van der Waals surface area contributed by atoms with Gasteiger partial charge < -0.3 is 20.6 Å². The van der Waals surface area contributed by atoms with Crippen LogP contribution in [0.2, 0.25) is 0 Å². The summed E-state index contributed by atoms with van der Waals surface area (Å²) in [6.45, 7) is 17.2. The normalized spacial score (nSPS) is 26.2. The number of phenols is 1. The van der Waals surface area contributed by atoms with Crippen molar-refractivity contribution in [3.05, 3.63) is 77.2 Å². The van der Waals surface area contributed by atoms with Crippen molar-refractivity contribution in [1.29, 1.82) is 0 Å². The first-order valence-corrected chi connectivity index (χ1v) is 12.6. The maximum atomic E-state index is 13.9. The van der Waals surface area contributed by atoms with Crippen LogP contribution in [0.4, 0.5) is 4.39 Å². The van der Waals surface area contributed by atoms with Crippen molar-refractivity contribution < 1.29 is 9.50 Å². The molecule has 2 aromatic rings. The van der Waals surface area contributed by atoms with E-state index in [1.54, 1.807) is 12.1 Å². The van der Waals surface area contributed by atoms with Crippen LogP contribution in [0.1, 0.15) is 50.8 Å².